The van der Waals surface area contributed by atoms with Crippen molar-refractivity contribution in [3.63, 3.8) is 0 Å². The topological polar surface area (TPSA) is 46.6 Å². The molecule has 0 atom stereocenters. The van der Waals surface area contributed by atoms with Gasteiger partial charge in [0, 0.05) is 12.7 Å². The molecule has 2 rings (SSSR count). The molecule has 2 aromatic rings. The Bertz CT molecular complexity index is 712. The van der Waals surface area contributed by atoms with E-state index in [0.717, 1.165) is 24.9 Å². The summed E-state index contributed by atoms with van der Waals surface area (Å²) in [6.07, 6.45) is 5.45. The number of rotatable bonds is 9. The molecule has 1 amide bonds. The molecule has 138 valence electrons. The van der Waals surface area contributed by atoms with E-state index in [4.69, 9.17) is 4.74 Å². The summed E-state index contributed by atoms with van der Waals surface area (Å²) in [4.78, 5) is 26.8. The largest absolute Gasteiger partial charge is 0.462 e. The minimum Gasteiger partial charge on any atom is -0.462 e. The second kappa shape index (κ2) is 10.4. The summed E-state index contributed by atoms with van der Waals surface area (Å²) >= 11 is 0. The molecule has 0 saturated carbocycles. The van der Waals surface area contributed by atoms with E-state index in [1.807, 2.05) is 30.3 Å². The third-order valence-corrected chi connectivity index (χ3v) is 4.31. The van der Waals surface area contributed by atoms with Crippen LogP contribution in [0.5, 0.6) is 0 Å². The van der Waals surface area contributed by atoms with Gasteiger partial charge in [-0.25, -0.2) is 4.79 Å². The Hall–Kier alpha value is -2.62. The van der Waals surface area contributed by atoms with Crippen LogP contribution in [-0.2, 0) is 4.74 Å². The second-order valence-corrected chi connectivity index (χ2v) is 6.30. The number of unbranched alkanes of at least 4 members (excludes halogenated alkanes) is 4. The Labute approximate surface area is 155 Å². The zero-order valence-corrected chi connectivity index (χ0v) is 15.6. The molecule has 0 aliphatic heterocycles. The van der Waals surface area contributed by atoms with Crippen molar-refractivity contribution in [2.45, 2.75) is 39.0 Å². The van der Waals surface area contributed by atoms with Crippen molar-refractivity contribution >= 4 is 17.6 Å². The third kappa shape index (κ3) is 5.45. The van der Waals surface area contributed by atoms with Crippen LogP contribution in [0, 0.1) is 0 Å². The van der Waals surface area contributed by atoms with Gasteiger partial charge in [-0.05, 0) is 30.7 Å². The van der Waals surface area contributed by atoms with Crippen LogP contribution in [0.15, 0.2) is 54.6 Å². The van der Waals surface area contributed by atoms with Gasteiger partial charge in [0.05, 0.1) is 17.7 Å². The molecule has 4 nitrogen and oxygen atoms in total. The number of carbonyl (C=O) groups excluding carboxylic acids is 2. The number of nitrogens with zero attached hydrogens (tertiary/aromatic N) is 1. The van der Waals surface area contributed by atoms with E-state index < -0.39 is 5.97 Å². The lowest BCUT2D eigenvalue weighted by Crippen LogP contribution is -2.28. The Morgan fingerprint density at radius 1 is 0.846 bits per heavy atom. The molecule has 0 unspecified atom stereocenters. The first-order valence-electron chi connectivity index (χ1n) is 9.24. The SMILES string of the molecule is CCCCCCCOC(=O)c1ccccc1C(=O)N(C)c1ccccc1. The fourth-order valence-electron chi connectivity index (χ4n) is 2.75. The van der Waals surface area contributed by atoms with Gasteiger partial charge in [0.1, 0.15) is 0 Å². The highest BCUT2D eigenvalue weighted by atomic mass is 16.5. The maximum absolute atomic E-state index is 12.8. The summed E-state index contributed by atoms with van der Waals surface area (Å²) in [7, 11) is 1.70. The van der Waals surface area contributed by atoms with E-state index in [1.54, 1.807) is 31.3 Å². The van der Waals surface area contributed by atoms with Crippen LogP contribution in [0.4, 0.5) is 5.69 Å². The molecular weight excluding hydrogens is 326 g/mol. The highest BCUT2D eigenvalue weighted by Crippen LogP contribution is 2.18. The molecule has 0 heterocycles. The zero-order valence-electron chi connectivity index (χ0n) is 15.6. The van der Waals surface area contributed by atoms with Crippen molar-refractivity contribution in [3.05, 3.63) is 65.7 Å². The van der Waals surface area contributed by atoms with E-state index in [2.05, 4.69) is 6.92 Å². The van der Waals surface area contributed by atoms with Crippen LogP contribution in [0.1, 0.15) is 59.7 Å². The molecule has 4 heteroatoms. The van der Waals surface area contributed by atoms with Crippen LogP contribution < -0.4 is 4.90 Å². The number of amides is 1. The van der Waals surface area contributed by atoms with E-state index in [9.17, 15) is 9.59 Å². The maximum Gasteiger partial charge on any atom is 0.338 e. The summed E-state index contributed by atoms with van der Waals surface area (Å²) in [5.74, 6) is -0.669. The minimum atomic E-state index is -0.439. The number of para-hydroxylation sites is 1. The smallest absolute Gasteiger partial charge is 0.338 e. The molecule has 0 fully saturated rings. The van der Waals surface area contributed by atoms with E-state index in [-0.39, 0.29) is 5.91 Å². The summed E-state index contributed by atoms with van der Waals surface area (Å²) < 4.78 is 5.37. The predicted octanol–water partition coefficient (Wildman–Crippen LogP) is 5.09. The van der Waals surface area contributed by atoms with Crippen LogP contribution in [0.2, 0.25) is 0 Å². The molecule has 0 aliphatic rings. The standard InChI is InChI=1S/C22H27NO3/c1-3-4-5-6-12-17-26-22(25)20-16-11-10-15-19(20)21(24)23(2)18-13-8-7-9-14-18/h7-11,13-16H,3-6,12,17H2,1-2H3. The number of ether oxygens (including phenoxy) is 1. The molecule has 0 radical (unpaired) electrons. The van der Waals surface area contributed by atoms with E-state index in [0.29, 0.717) is 17.7 Å². The van der Waals surface area contributed by atoms with Crippen molar-refractivity contribution in [2.75, 3.05) is 18.6 Å². The Morgan fingerprint density at radius 2 is 1.46 bits per heavy atom. The van der Waals surface area contributed by atoms with Crippen LogP contribution >= 0.6 is 0 Å². The molecule has 0 aromatic heterocycles. The lowest BCUT2D eigenvalue weighted by Gasteiger charge is -2.18. The number of benzene rings is 2. The van der Waals surface area contributed by atoms with Crippen molar-refractivity contribution in [2.24, 2.45) is 0 Å². The number of carbonyl (C=O) groups is 2. The fourth-order valence-corrected chi connectivity index (χ4v) is 2.75. The number of esters is 1. The summed E-state index contributed by atoms with van der Waals surface area (Å²) in [5, 5.41) is 0. The molecule has 2 aromatic carbocycles. The lowest BCUT2D eigenvalue weighted by molar-refractivity contribution is 0.0494. The monoisotopic (exact) mass is 353 g/mol. The molecule has 26 heavy (non-hydrogen) atoms. The van der Waals surface area contributed by atoms with Gasteiger partial charge < -0.3 is 9.64 Å². The zero-order chi connectivity index (χ0) is 18.8. The highest BCUT2D eigenvalue weighted by Gasteiger charge is 2.21. The highest BCUT2D eigenvalue weighted by molar-refractivity contribution is 6.11. The average molecular weight is 353 g/mol. The normalized spacial score (nSPS) is 10.4. The lowest BCUT2D eigenvalue weighted by atomic mass is 10.1. The summed E-state index contributed by atoms with van der Waals surface area (Å²) in [5.41, 5.74) is 1.44. The van der Waals surface area contributed by atoms with Crippen LogP contribution in [-0.4, -0.2) is 25.5 Å². The maximum atomic E-state index is 12.8. The first-order chi connectivity index (χ1) is 12.6. The summed E-state index contributed by atoms with van der Waals surface area (Å²) in [6, 6.07) is 16.2. The van der Waals surface area contributed by atoms with Crippen molar-refractivity contribution in [1.82, 2.24) is 0 Å². The van der Waals surface area contributed by atoms with Gasteiger partial charge in [-0.15, -0.1) is 0 Å². The Kier molecular flexibility index (Phi) is 7.87. The quantitative estimate of drug-likeness (QED) is 0.466. The average Bonchev–Trinajstić information content (AvgIpc) is 2.70. The first-order valence-corrected chi connectivity index (χ1v) is 9.24. The summed E-state index contributed by atoms with van der Waals surface area (Å²) in [6.45, 7) is 2.56. The predicted molar refractivity (Wildman–Crippen MR) is 105 cm³/mol. The number of hydrogen-bond donors (Lipinski definition) is 0. The van der Waals surface area contributed by atoms with Gasteiger partial charge in [0.15, 0.2) is 0 Å². The molecule has 0 aliphatic carbocycles. The molecular formula is C22H27NO3. The van der Waals surface area contributed by atoms with Crippen LogP contribution in [0.25, 0.3) is 0 Å². The van der Waals surface area contributed by atoms with Gasteiger partial charge in [0.25, 0.3) is 5.91 Å². The van der Waals surface area contributed by atoms with Gasteiger partial charge in [-0.3, -0.25) is 4.79 Å². The van der Waals surface area contributed by atoms with Crippen molar-refractivity contribution < 1.29 is 14.3 Å². The van der Waals surface area contributed by atoms with Crippen molar-refractivity contribution in [1.29, 1.82) is 0 Å². The van der Waals surface area contributed by atoms with Gasteiger partial charge in [-0.1, -0.05) is 62.9 Å². The molecule has 0 N–H and O–H groups in total. The molecule has 0 bridgehead atoms. The first kappa shape index (κ1) is 19.7. The number of anilines is 1. The van der Waals surface area contributed by atoms with E-state index >= 15 is 0 Å². The third-order valence-electron chi connectivity index (χ3n) is 4.31. The van der Waals surface area contributed by atoms with Crippen molar-refractivity contribution in [3.8, 4) is 0 Å². The Balaban J connectivity index is 2.02. The molecule has 0 spiro atoms. The second-order valence-electron chi connectivity index (χ2n) is 6.30. The fraction of sp³-hybridized carbons (Fsp3) is 0.364. The van der Waals surface area contributed by atoms with E-state index in [1.165, 1.54) is 17.7 Å². The van der Waals surface area contributed by atoms with Gasteiger partial charge in [0.2, 0.25) is 0 Å². The van der Waals surface area contributed by atoms with Crippen LogP contribution in [0.3, 0.4) is 0 Å². The van der Waals surface area contributed by atoms with Gasteiger partial charge in [-0.2, -0.15) is 0 Å². The van der Waals surface area contributed by atoms with Gasteiger partial charge >= 0.3 is 5.97 Å². The Morgan fingerprint density at radius 3 is 2.15 bits per heavy atom. The molecule has 0 saturated heterocycles. The number of hydrogen-bond acceptors (Lipinski definition) is 3. The minimum absolute atomic E-state index is 0.230.